The lowest BCUT2D eigenvalue weighted by Gasteiger charge is -2.18. The standard InChI is InChI=1S/C66H120O6/c1-4-7-10-13-16-19-21-23-25-27-28-29-30-31-32-33-34-35-36-37-38-40-41-43-45-47-50-53-56-59-65(68)71-62-63(61-70-64(67)58-55-52-49-18-15-12-9-6-3)72-66(69)60-57-54-51-48-46-44-42-39-26-24-22-20-17-14-11-8-5-2/h7,10,16,19,23,25,28-29,63H,4-6,8-9,11-15,17-18,20-22,24,26-27,30-62H2,1-3H3/b10-7-,19-16-,25-23-,29-28-. The van der Waals surface area contributed by atoms with Crippen LogP contribution in [0.1, 0.15) is 335 Å². The van der Waals surface area contributed by atoms with Crippen molar-refractivity contribution in [1.82, 2.24) is 0 Å². The lowest BCUT2D eigenvalue weighted by Crippen LogP contribution is -2.30. The quantitative estimate of drug-likeness (QED) is 0.0261. The Bertz CT molecular complexity index is 1250. The van der Waals surface area contributed by atoms with Gasteiger partial charge in [0.1, 0.15) is 13.2 Å². The van der Waals surface area contributed by atoms with Gasteiger partial charge in [-0.05, 0) is 57.8 Å². The Morgan fingerprint density at radius 2 is 0.542 bits per heavy atom. The first kappa shape index (κ1) is 69.4. The van der Waals surface area contributed by atoms with E-state index in [1.165, 1.54) is 212 Å². The summed E-state index contributed by atoms with van der Waals surface area (Å²) in [7, 11) is 0. The minimum Gasteiger partial charge on any atom is -0.462 e. The van der Waals surface area contributed by atoms with Crippen molar-refractivity contribution in [2.24, 2.45) is 0 Å². The summed E-state index contributed by atoms with van der Waals surface area (Å²) >= 11 is 0. The van der Waals surface area contributed by atoms with Crippen LogP contribution >= 0.6 is 0 Å². The van der Waals surface area contributed by atoms with E-state index in [2.05, 4.69) is 69.4 Å². The molecule has 6 heteroatoms. The van der Waals surface area contributed by atoms with Crippen molar-refractivity contribution in [2.45, 2.75) is 341 Å². The molecule has 0 aromatic carbocycles. The van der Waals surface area contributed by atoms with Crippen molar-refractivity contribution in [3.63, 3.8) is 0 Å². The number of allylic oxidation sites excluding steroid dienone is 8. The molecule has 0 aliphatic rings. The monoisotopic (exact) mass is 1010 g/mol. The highest BCUT2D eigenvalue weighted by Gasteiger charge is 2.19. The molecule has 0 radical (unpaired) electrons. The molecule has 0 spiro atoms. The normalized spacial score (nSPS) is 12.3. The van der Waals surface area contributed by atoms with E-state index in [9.17, 15) is 14.4 Å². The number of carbonyl (C=O) groups is 3. The fourth-order valence-electron chi connectivity index (χ4n) is 9.38. The first-order valence-corrected chi connectivity index (χ1v) is 31.6. The van der Waals surface area contributed by atoms with Gasteiger partial charge in [-0.15, -0.1) is 0 Å². The van der Waals surface area contributed by atoms with E-state index in [1.54, 1.807) is 0 Å². The fraction of sp³-hybridized carbons (Fsp3) is 0.833. The summed E-state index contributed by atoms with van der Waals surface area (Å²) < 4.78 is 16.9. The van der Waals surface area contributed by atoms with Crippen molar-refractivity contribution in [3.8, 4) is 0 Å². The van der Waals surface area contributed by atoms with Crippen LogP contribution in [0.2, 0.25) is 0 Å². The number of ether oxygens (including phenoxy) is 3. The molecule has 0 aromatic heterocycles. The number of unbranched alkanes of at least 4 members (excludes halogenated alkanes) is 39. The van der Waals surface area contributed by atoms with Crippen LogP contribution in [-0.4, -0.2) is 37.2 Å². The smallest absolute Gasteiger partial charge is 0.306 e. The second kappa shape index (κ2) is 60.9. The Balaban J connectivity index is 4.07. The summed E-state index contributed by atoms with van der Waals surface area (Å²) in [4.78, 5) is 38.1. The largest absolute Gasteiger partial charge is 0.462 e. The predicted octanol–water partition coefficient (Wildman–Crippen LogP) is 21.4. The van der Waals surface area contributed by atoms with Gasteiger partial charge in [0.15, 0.2) is 6.10 Å². The van der Waals surface area contributed by atoms with Crippen molar-refractivity contribution in [2.75, 3.05) is 13.2 Å². The van der Waals surface area contributed by atoms with Gasteiger partial charge in [-0.25, -0.2) is 0 Å². The lowest BCUT2D eigenvalue weighted by molar-refractivity contribution is -0.167. The molecule has 0 saturated carbocycles. The first-order chi connectivity index (χ1) is 35.5. The highest BCUT2D eigenvalue weighted by molar-refractivity contribution is 5.71. The SMILES string of the molecule is CC/C=C\C/C=C\C/C=C\C/C=C\CCCCCCCCCCCCCCCCCCC(=O)OCC(COC(=O)CCCCCCCCCC)OC(=O)CCCCCCCCCCCCCCCCCCC. The number of rotatable bonds is 58. The first-order valence-electron chi connectivity index (χ1n) is 31.6. The Morgan fingerprint density at radius 3 is 0.847 bits per heavy atom. The van der Waals surface area contributed by atoms with E-state index >= 15 is 0 Å². The molecule has 0 N–H and O–H groups in total. The topological polar surface area (TPSA) is 78.9 Å². The highest BCUT2D eigenvalue weighted by atomic mass is 16.6. The maximum Gasteiger partial charge on any atom is 0.306 e. The van der Waals surface area contributed by atoms with Gasteiger partial charge >= 0.3 is 17.9 Å². The van der Waals surface area contributed by atoms with Gasteiger partial charge in [0.2, 0.25) is 0 Å². The minimum atomic E-state index is -0.766. The van der Waals surface area contributed by atoms with Crippen molar-refractivity contribution in [1.29, 1.82) is 0 Å². The Morgan fingerprint density at radius 1 is 0.292 bits per heavy atom. The Kier molecular flexibility index (Phi) is 58.7. The van der Waals surface area contributed by atoms with Gasteiger partial charge in [0.25, 0.3) is 0 Å². The third-order valence-electron chi connectivity index (χ3n) is 14.1. The predicted molar refractivity (Wildman–Crippen MR) is 312 cm³/mol. The van der Waals surface area contributed by atoms with Crippen LogP contribution in [0.5, 0.6) is 0 Å². The molecule has 0 rings (SSSR count). The van der Waals surface area contributed by atoms with Crippen molar-refractivity contribution in [3.05, 3.63) is 48.6 Å². The number of esters is 3. The van der Waals surface area contributed by atoms with E-state index in [0.717, 1.165) is 83.5 Å². The van der Waals surface area contributed by atoms with E-state index in [4.69, 9.17) is 14.2 Å². The van der Waals surface area contributed by atoms with Crippen LogP contribution in [-0.2, 0) is 28.6 Å². The summed E-state index contributed by atoms with van der Waals surface area (Å²) in [5, 5.41) is 0. The van der Waals surface area contributed by atoms with Gasteiger partial charge in [0, 0.05) is 19.3 Å². The zero-order chi connectivity index (χ0) is 52.2. The molecule has 1 atom stereocenters. The van der Waals surface area contributed by atoms with Crippen LogP contribution in [0.25, 0.3) is 0 Å². The van der Waals surface area contributed by atoms with Crippen LogP contribution in [0.4, 0.5) is 0 Å². The third-order valence-corrected chi connectivity index (χ3v) is 14.1. The average Bonchev–Trinajstić information content (AvgIpc) is 3.38. The van der Waals surface area contributed by atoms with Crippen LogP contribution < -0.4 is 0 Å². The molecule has 0 aromatic rings. The molecule has 0 amide bonds. The molecule has 420 valence electrons. The maximum absolute atomic E-state index is 12.8. The van der Waals surface area contributed by atoms with Gasteiger partial charge in [-0.1, -0.05) is 307 Å². The van der Waals surface area contributed by atoms with E-state index in [0.29, 0.717) is 19.3 Å². The zero-order valence-corrected chi connectivity index (χ0v) is 48.2. The van der Waals surface area contributed by atoms with E-state index < -0.39 is 6.10 Å². The minimum absolute atomic E-state index is 0.0669. The summed E-state index contributed by atoms with van der Waals surface area (Å²) in [6.07, 6.45) is 75.7. The maximum atomic E-state index is 12.8. The molecule has 0 fully saturated rings. The molecule has 0 aliphatic heterocycles. The molecular formula is C66H120O6. The highest BCUT2D eigenvalue weighted by Crippen LogP contribution is 2.18. The molecule has 72 heavy (non-hydrogen) atoms. The molecule has 0 heterocycles. The Labute approximate surface area is 448 Å². The van der Waals surface area contributed by atoms with E-state index in [-0.39, 0.29) is 31.1 Å². The molecular weight excluding hydrogens is 889 g/mol. The number of carbonyl (C=O) groups excluding carboxylic acids is 3. The van der Waals surface area contributed by atoms with Crippen LogP contribution in [0.15, 0.2) is 48.6 Å². The molecule has 6 nitrogen and oxygen atoms in total. The fourth-order valence-corrected chi connectivity index (χ4v) is 9.38. The van der Waals surface area contributed by atoms with Gasteiger partial charge in [0.05, 0.1) is 0 Å². The van der Waals surface area contributed by atoms with Gasteiger partial charge < -0.3 is 14.2 Å². The summed E-state index contributed by atoms with van der Waals surface area (Å²) in [5.74, 6) is -0.850. The number of hydrogen-bond acceptors (Lipinski definition) is 6. The molecule has 0 bridgehead atoms. The van der Waals surface area contributed by atoms with Gasteiger partial charge in [-0.2, -0.15) is 0 Å². The van der Waals surface area contributed by atoms with Crippen LogP contribution in [0.3, 0.4) is 0 Å². The molecule has 0 aliphatic carbocycles. The van der Waals surface area contributed by atoms with Gasteiger partial charge in [-0.3, -0.25) is 14.4 Å². The summed E-state index contributed by atoms with van der Waals surface area (Å²) in [5.41, 5.74) is 0. The van der Waals surface area contributed by atoms with Crippen molar-refractivity contribution < 1.29 is 28.6 Å². The second-order valence-electron chi connectivity index (χ2n) is 21.3. The molecule has 1 unspecified atom stereocenters. The zero-order valence-electron chi connectivity index (χ0n) is 48.2. The third kappa shape index (κ3) is 58.3. The average molecular weight is 1010 g/mol. The van der Waals surface area contributed by atoms with Crippen LogP contribution in [0, 0.1) is 0 Å². The lowest BCUT2D eigenvalue weighted by atomic mass is 10.0. The Hall–Kier alpha value is -2.63. The molecule has 0 saturated heterocycles. The van der Waals surface area contributed by atoms with Crippen molar-refractivity contribution >= 4 is 17.9 Å². The van der Waals surface area contributed by atoms with E-state index in [1.807, 2.05) is 0 Å². The summed E-state index contributed by atoms with van der Waals surface area (Å²) in [6, 6.07) is 0. The second-order valence-corrected chi connectivity index (χ2v) is 21.3. The number of hydrogen-bond donors (Lipinski definition) is 0. The summed E-state index contributed by atoms with van der Waals surface area (Å²) in [6.45, 7) is 6.55.